The number of nitrogens with zero attached hydrogens (tertiary/aromatic N) is 3. The summed E-state index contributed by atoms with van der Waals surface area (Å²) >= 11 is 0. The van der Waals surface area contributed by atoms with Crippen LogP contribution < -0.4 is 5.32 Å². The van der Waals surface area contributed by atoms with E-state index in [4.69, 9.17) is 4.42 Å². The topological polar surface area (TPSA) is 55.9 Å². The van der Waals surface area contributed by atoms with Gasteiger partial charge in [0, 0.05) is 31.0 Å². The fourth-order valence-corrected chi connectivity index (χ4v) is 1.99. The standard InChI is InChI=1S/C15H14F2N4O/c16-13-3-2-11(8-14(13)17)15-20-12(10-22-15)9-18-5-7-21-6-1-4-19-21/h1-4,6,8,10,18H,5,7,9H2. The van der Waals surface area contributed by atoms with Gasteiger partial charge < -0.3 is 9.73 Å². The minimum absolute atomic E-state index is 0.266. The van der Waals surface area contributed by atoms with Gasteiger partial charge in [0.25, 0.3) is 0 Å². The van der Waals surface area contributed by atoms with Crippen LogP contribution in [0.1, 0.15) is 5.69 Å². The number of rotatable bonds is 6. The van der Waals surface area contributed by atoms with E-state index in [2.05, 4.69) is 15.4 Å². The van der Waals surface area contributed by atoms with E-state index in [1.807, 2.05) is 16.9 Å². The molecule has 22 heavy (non-hydrogen) atoms. The van der Waals surface area contributed by atoms with E-state index in [1.54, 1.807) is 6.20 Å². The fourth-order valence-electron chi connectivity index (χ4n) is 1.99. The highest BCUT2D eigenvalue weighted by molar-refractivity contribution is 5.53. The molecule has 0 aliphatic heterocycles. The molecule has 2 heterocycles. The number of benzene rings is 1. The summed E-state index contributed by atoms with van der Waals surface area (Å²) in [4.78, 5) is 4.25. The SMILES string of the molecule is Fc1ccc(-c2nc(CNCCn3cccn3)co2)cc1F. The molecule has 0 saturated heterocycles. The molecule has 0 radical (unpaired) electrons. The number of aromatic nitrogens is 3. The maximum Gasteiger partial charge on any atom is 0.226 e. The Bertz CT molecular complexity index is 740. The van der Waals surface area contributed by atoms with Crippen molar-refractivity contribution in [2.75, 3.05) is 6.54 Å². The lowest BCUT2D eigenvalue weighted by molar-refractivity contribution is 0.507. The third-order valence-electron chi connectivity index (χ3n) is 3.10. The molecule has 2 aromatic heterocycles. The summed E-state index contributed by atoms with van der Waals surface area (Å²) in [6.07, 6.45) is 5.11. The molecule has 3 aromatic rings. The summed E-state index contributed by atoms with van der Waals surface area (Å²) in [7, 11) is 0. The van der Waals surface area contributed by atoms with Crippen molar-refractivity contribution in [3.05, 3.63) is 60.3 Å². The van der Waals surface area contributed by atoms with Gasteiger partial charge in [-0.25, -0.2) is 13.8 Å². The lowest BCUT2D eigenvalue weighted by Crippen LogP contribution is -2.19. The van der Waals surface area contributed by atoms with Crippen molar-refractivity contribution < 1.29 is 13.2 Å². The minimum atomic E-state index is -0.922. The Morgan fingerprint density at radius 3 is 2.91 bits per heavy atom. The van der Waals surface area contributed by atoms with Crippen LogP contribution in [0.2, 0.25) is 0 Å². The largest absolute Gasteiger partial charge is 0.444 e. The van der Waals surface area contributed by atoms with Crippen LogP contribution in [-0.4, -0.2) is 21.3 Å². The molecule has 0 bridgehead atoms. The van der Waals surface area contributed by atoms with Crippen molar-refractivity contribution in [3.63, 3.8) is 0 Å². The van der Waals surface area contributed by atoms with Crippen LogP contribution in [-0.2, 0) is 13.1 Å². The predicted molar refractivity (Wildman–Crippen MR) is 75.8 cm³/mol. The van der Waals surface area contributed by atoms with Gasteiger partial charge in [-0.3, -0.25) is 4.68 Å². The van der Waals surface area contributed by atoms with Crippen LogP contribution >= 0.6 is 0 Å². The third-order valence-corrected chi connectivity index (χ3v) is 3.10. The van der Waals surface area contributed by atoms with Crippen LogP contribution in [0.25, 0.3) is 11.5 Å². The monoisotopic (exact) mass is 304 g/mol. The average molecular weight is 304 g/mol. The highest BCUT2D eigenvalue weighted by Gasteiger charge is 2.09. The molecule has 7 heteroatoms. The third kappa shape index (κ3) is 3.37. The Morgan fingerprint density at radius 2 is 2.14 bits per heavy atom. The van der Waals surface area contributed by atoms with Crippen LogP contribution in [0.4, 0.5) is 8.78 Å². The first kappa shape index (κ1) is 14.4. The Labute approximate surface area is 125 Å². The van der Waals surface area contributed by atoms with E-state index in [1.165, 1.54) is 12.3 Å². The van der Waals surface area contributed by atoms with Gasteiger partial charge in [-0.15, -0.1) is 0 Å². The Morgan fingerprint density at radius 1 is 1.23 bits per heavy atom. The van der Waals surface area contributed by atoms with Gasteiger partial charge >= 0.3 is 0 Å². The number of hydrogen-bond donors (Lipinski definition) is 1. The highest BCUT2D eigenvalue weighted by atomic mass is 19.2. The van der Waals surface area contributed by atoms with E-state index < -0.39 is 11.6 Å². The summed E-state index contributed by atoms with van der Waals surface area (Å²) in [5, 5.41) is 7.30. The molecule has 3 rings (SSSR count). The van der Waals surface area contributed by atoms with Gasteiger partial charge in [0.2, 0.25) is 5.89 Å². The van der Waals surface area contributed by atoms with Gasteiger partial charge in [0.15, 0.2) is 11.6 Å². The van der Waals surface area contributed by atoms with E-state index >= 15 is 0 Å². The second-order valence-corrected chi connectivity index (χ2v) is 4.72. The lowest BCUT2D eigenvalue weighted by atomic mass is 10.2. The van der Waals surface area contributed by atoms with E-state index in [9.17, 15) is 8.78 Å². The molecule has 0 unspecified atom stereocenters. The predicted octanol–water partition coefficient (Wildman–Crippen LogP) is 2.61. The van der Waals surface area contributed by atoms with Crippen LogP contribution in [0.5, 0.6) is 0 Å². The van der Waals surface area contributed by atoms with E-state index in [-0.39, 0.29) is 5.89 Å². The summed E-state index contributed by atoms with van der Waals surface area (Å²) in [5.74, 6) is -1.55. The van der Waals surface area contributed by atoms with Crippen molar-refractivity contribution in [3.8, 4) is 11.5 Å². The zero-order chi connectivity index (χ0) is 15.4. The molecule has 0 spiro atoms. The van der Waals surface area contributed by atoms with Crippen LogP contribution in [0, 0.1) is 11.6 Å². The molecule has 0 atom stereocenters. The average Bonchev–Trinajstić information content (AvgIpc) is 3.18. The van der Waals surface area contributed by atoms with Gasteiger partial charge in [-0.2, -0.15) is 5.10 Å². The maximum atomic E-state index is 13.2. The maximum absolute atomic E-state index is 13.2. The molecule has 0 aliphatic rings. The number of hydrogen-bond acceptors (Lipinski definition) is 4. The van der Waals surface area contributed by atoms with Crippen molar-refractivity contribution in [1.29, 1.82) is 0 Å². The van der Waals surface area contributed by atoms with Crippen LogP contribution in [0.15, 0.2) is 47.3 Å². The first-order chi connectivity index (χ1) is 10.7. The van der Waals surface area contributed by atoms with E-state index in [0.29, 0.717) is 17.8 Å². The van der Waals surface area contributed by atoms with Crippen LogP contribution in [0.3, 0.4) is 0 Å². The van der Waals surface area contributed by atoms with Crippen molar-refractivity contribution >= 4 is 0 Å². The number of halogens is 2. The van der Waals surface area contributed by atoms with Crippen molar-refractivity contribution in [1.82, 2.24) is 20.1 Å². The zero-order valence-electron chi connectivity index (χ0n) is 11.7. The Balaban J connectivity index is 1.55. The van der Waals surface area contributed by atoms with E-state index in [0.717, 1.165) is 25.2 Å². The van der Waals surface area contributed by atoms with Crippen molar-refractivity contribution in [2.45, 2.75) is 13.1 Å². The summed E-state index contributed by atoms with van der Waals surface area (Å²) in [6, 6.07) is 5.41. The molecular weight excluding hydrogens is 290 g/mol. The minimum Gasteiger partial charge on any atom is -0.444 e. The highest BCUT2D eigenvalue weighted by Crippen LogP contribution is 2.20. The molecule has 1 aromatic carbocycles. The van der Waals surface area contributed by atoms with Gasteiger partial charge in [0.05, 0.1) is 12.2 Å². The number of nitrogens with one attached hydrogen (secondary N) is 1. The second kappa shape index (κ2) is 6.48. The Hall–Kier alpha value is -2.54. The normalized spacial score (nSPS) is 11.0. The molecule has 114 valence electrons. The molecule has 0 fully saturated rings. The summed E-state index contributed by atoms with van der Waals surface area (Å²) < 4.78 is 33.2. The smallest absolute Gasteiger partial charge is 0.226 e. The van der Waals surface area contributed by atoms with Gasteiger partial charge in [0.1, 0.15) is 6.26 Å². The quantitative estimate of drug-likeness (QED) is 0.711. The Kier molecular flexibility index (Phi) is 4.24. The summed E-state index contributed by atoms with van der Waals surface area (Å²) in [6.45, 7) is 2.00. The first-order valence-corrected chi connectivity index (χ1v) is 6.80. The fraction of sp³-hybridized carbons (Fsp3) is 0.200. The zero-order valence-corrected chi connectivity index (χ0v) is 11.7. The van der Waals surface area contributed by atoms with Crippen molar-refractivity contribution in [2.24, 2.45) is 0 Å². The molecule has 0 amide bonds. The van der Waals surface area contributed by atoms with Gasteiger partial charge in [-0.05, 0) is 24.3 Å². The first-order valence-electron chi connectivity index (χ1n) is 6.80. The molecule has 0 aliphatic carbocycles. The molecule has 0 saturated carbocycles. The molecular formula is C15H14F2N4O. The lowest BCUT2D eigenvalue weighted by Gasteiger charge is -2.02. The molecule has 5 nitrogen and oxygen atoms in total. The van der Waals surface area contributed by atoms with Gasteiger partial charge in [-0.1, -0.05) is 0 Å². The summed E-state index contributed by atoms with van der Waals surface area (Å²) in [5.41, 5.74) is 1.10. The molecule has 1 N–H and O–H groups in total. The second-order valence-electron chi connectivity index (χ2n) is 4.72. The number of oxazole rings is 1.